The second-order valence-corrected chi connectivity index (χ2v) is 4.33. The Kier molecular flexibility index (Phi) is 2.85. The number of nitrogens with zero attached hydrogens (tertiary/aromatic N) is 3. The monoisotopic (exact) mass is 233 g/mol. The Hall–Kier alpha value is -1.88. The zero-order valence-electron chi connectivity index (χ0n) is 10.1. The van der Waals surface area contributed by atoms with Gasteiger partial charge in [-0.05, 0) is 32.6 Å². The van der Waals surface area contributed by atoms with Crippen LogP contribution >= 0.6 is 0 Å². The molecule has 17 heavy (non-hydrogen) atoms. The molecule has 0 aliphatic carbocycles. The fraction of sp³-hybridized carbons (Fsp3) is 0.333. The van der Waals surface area contributed by atoms with Gasteiger partial charge in [0.1, 0.15) is 5.82 Å². The van der Waals surface area contributed by atoms with Gasteiger partial charge in [0.15, 0.2) is 5.69 Å². The highest BCUT2D eigenvalue weighted by Crippen LogP contribution is 2.18. The minimum atomic E-state index is -0.984. The number of hydrogen-bond acceptors (Lipinski definition) is 3. The molecule has 0 fully saturated rings. The second-order valence-electron chi connectivity index (χ2n) is 4.33. The summed E-state index contributed by atoms with van der Waals surface area (Å²) in [6.07, 6.45) is 1.85. The minimum Gasteiger partial charge on any atom is -0.476 e. The maximum absolute atomic E-state index is 11.2. The Labute approximate surface area is 99.3 Å². The number of rotatable bonds is 3. The van der Waals surface area contributed by atoms with Gasteiger partial charge in [-0.25, -0.2) is 9.78 Å². The molecule has 0 radical (unpaired) electrons. The van der Waals surface area contributed by atoms with Crippen molar-refractivity contribution < 1.29 is 9.90 Å². The number of pyridine rings is 1. The molecule has 0 saturated heterocycles. The van der Waals surface area contributed by atoms with Crippen LogP contribution < -0.4 is 0 Å². The number of aryl methyl sites for hydroxylation is 1. The summed E-state index contributed by atoms with van der Waals surface area (Å²) in [5.74, 6) is -0.243. The van der Waals surface area contributed by atoms with Crippen molar-refractivity contribution in [3.8, 4) is 0 Å². The van der Waals surface area contributed by atoms with Gasteiger partial charge in [-0.1, -0.05) is 6.07 Å². The van der Waals surface area contributed by atoms with E-state index in [0.717, 1.165) is 11.4 Å². The van der Waals surface area contributed by atoms with Gasteiger partial charge in [-0.2, -0.15) is 0 Å². The molecule has 0 saturated carbocycles. The molecule has 0 aromatic carbocycles. The molecule has 2 aromatic rings. The molecule has 0 unspecified atom stereocenters. The summed E-state index contributed by atoms with van der Waals surface area (Å²) in [6, 6.07) is 3.79. The predicted molar refractivity (Wildman–Crippen MR) is 64.3 cm³/mol. The molecule has 2 rings (SSSR count). The van der Waals surface area contributed by atoms with Gasteiger partial charge < -0.3 is 14.4 Å². The molecule has 1 N–H and O–H groups in total. The summed E-state index contributed by atoms with van der Waals surface area (Å²) >= 11 is 0. The fourth-order valence-corrected chi connectivity index (χ4v) is 1.91. The topological polar surface area (TPSA) is 57.8 Å². The van der Waals surface area contributed by atoms with E-state index in [0.29, 0.717) is 12.1 Å². The molecule has 0 bridgehead atoms. The largest absolute Gasteiger partial charge is 0.476 e. The van der Waals surface area contributed by atoms with E-state index in [9.17, 15) is 4.79 Å². The average molecular weight is 233 g/mol. The van der Waals surface area contributed by atoms with E-state index in [-0.39, 0.29) is 5.69 Å². The summed E-state index contributed by atoms with van der Waals surface area (Å²) in [5.41, 5.74) is 1.72. The van der Waals surface area contributed by atoms with Crippen LogP contribution in [0.25, 0.3) is 5.52 Å². The number of fused-ring (bicyclic) bond motifs is 1. The first kappa shape index (κ1) is 11.6. The van der Waals surface area contributed by atoms with Gasteiger partial charge in [0.2, 0.25) is 0 Å². The minimum absolute atomic E-state index is 0.125. The van der Waals surface area contributed by atoms with Crippen molar-refractivity contribution in [3.63, 3.8) is 0 Å². The van der Waals surface area contributed by atoms with Crippen LogP contribution in [0.3, 0.4) is 0 Å². The highest BCUT2D eigenvalue weighted by Gasteiger charge is 2.18. The lowest BCUT2D eigenvalue weighted by molar-refractivity contribution is 0.0693. The Morgan fingerprint density at radius 2 is 2.24 bits per heavy atom. The van der Waals surface area contributed by atoms with E-state index in [1.165, 1.54) is 0 Å². The summed E-state index contributed by atoms with van der Waals surface area (Å²) in [5, 5.41) is 9.17. The van der Waals surface area contributed by atoms with Crippen molar-refractivity contribution >= 4 is 11.5 Å². The van der Waals surface area contributed by atoms with Crippen LogP contribution in [0.2, 0.25) is 0 Å². The first-order chi connectivity index (χ1) is 8.00. The SMILES string of the molecule is Cc1cccn2c(CN(C)C)nc(C(=O)O)c12. The molecule has 0 amide bonds. The third-order valence-corrected chi connectivity index (χ3v) is 2.60. The van der Waals surface area contributed by atoms with Crippen molar-refractivity contribution in [2.75, 3.05) is 14.1 Å². The van der Waals surface area contributed by atoms with Crippen molar-refractivity contribution in [3.05, 3.63) is 35.4 Å². The average Bonchev–Trinajstić information content (AvgIpc) is 2.58. The van der Waals surface area contributed by atoms with Crippen LogP contribution in [0.1, 0.15) is 21.9 Å². The van der Waals surface area contributed by atoms with E-state index in [1.54, 1.807) is 0 Å². The van der Waals surface area contributed by atoms with E-state index in [4.69, 9.17) is 5.11 Å². The second kappa shape index (κ2) is 4.18. The maximum Gasteiger partial charge on any atom is 0.356 e. The summed E-state index contributed by atoms with van der Waals surface area (Å²) in [7, 11) is 3.86. The van der Waals surface area contributed by atoms with Gasteiger partial charge in [0.25, 0.3) is 0 Å². The van der Waals surface area contributed by atoms with E-state index >= 15 is 0 Å². The third-order valence-electron chi connectivity index (χ3n) is 2.60. The molecule has 2 aromatic heterocycles. The quantitative estimate of drug-likeness (QED) is 0.870. The Bertz CT molecular complexity index is 572. The third kappa shape index (κ3) is 2.01. The van der Waals surface area contributed by atoms with Crippen molar-refractivity contribution in [1.82, 2.24) is 14.3 Å². The Morgan fingerprint density at radius 3 is 2.82 bits per heavy atom. The van der Waals surface area contributed by atoms with Crippen LogP contribution in [0, 0.1) is 6.92 Å². The molecule has 2 heterocycles. The van der Waals surface area contributed by atoms with E-state index in [1.807, 2.05) is 48.6 Å². The lowest BCUT2D eigenvalue weighted by atomic mass is 10.2. The number of imidazole rings is 1. The van der Waals surface area contributed by atoms with Crippen molar-refractivity contribution in [1.29, 1.82) is 0 Å². The summed E-state index contributed by atoms with van der Waals surface area (Å²) in [4.78, 5) is 17.3. The van der Waals surface area contributed by atoms with Crippen molar-refractivity contribution in [2.24, 2.45) is 0 Å². The molecule has 5 nitrogen and oxygen atoms in total. The molecule has 0 spiro atoms. The maximum atomic E-state index is 11.2. The molecular formula is C12H15N3O2. The van der Waals surface area contributed by atoms with Crippen molar-refractivity contribution in [2.45, 2.75) is 13.5 Å². The van der Waals surface area contributed by atoms with Gasteiger partial charge in [0.05, 0.1) is 12.1 Å². The predicted octanol–water partition coefficient (Wildman–Crippen LogP) is 1.40. The van der Waals surface area contributed by atoms with Gasteiger partial charge >= 0.3 is 5.97 Å². The molecule has 0 aliphatic heterocycles. The van der Waals surface area contributed by atoms with Crippen LogP contribution in [0.4, 0.5) is 0 Å². The lowest BCUT2D eigenvalue weighted by Crippen LogP contribution is -2.13. The molecular weight excluding hydrogens is 218 g/mol. The van der Waals surface area contributed by atoms with Crippen LogP contribution in [-0.2, 0) is 6.54 Å². The number of carbonyl (C=O) groups is 1. The Morgan fingerprint density at radius 1 is 1.53 bits per heavy atom. The first-order valence-electron chi connectivity index (χ1n) is 5.35. The Balaban J connectivity index is 2.71. The van der Waals surface area contributed by atoms with E-state index in [2.05, 4.69) is 4.98 Å². The van der Waals surface area contributed by atoms with Crippen LogP contribution in [-0.4, -0.2) is 39.5 Å². The number of aromatic nitrogens is 2. The normalized spacial score (nSPS) is 11.3. The zero-order valence-corrected chi connectivity index (χ0v) is 10.1. The standard InChI is InChI=1S/C12H15N3O2/c1-8-5-4-6-15-9(7-14(2)3)13-10(11(8)15)12(16)17/h4-6H,7H2,1-3H3,(H,16,17). The van der Waals surface area contributed by atoms with Gasteiger partial charge in [0, 0.05) is 6.20 Å². The number of carboxylic acid groups (broad SMARTS) is 1. The van der Waals surface area contributed by atoms with E-state index < -0.39 is 5.97 Å². The molecule has 0 aliphatic rings. The number of hydrogen-bond donors (Lipinski definition) is 1. The molecule has 0 atom stereocenters. The summed E-state index contributed by atoms with van der Waals surface area (Å²) < 4.78 is 1.85. The van der Waals surface area contributed by atoms with Gasteiger partial charge in [-0.3, -0.25) is 0 Å². The fourth-order valence-electron chi connectivity index (χ4n) is 1.91. The van der Waals surface area contributed by atoms with Crippen LogP contribution in [0.15, 0.2) is 18.3 Å². The van der Waals surface area contributed by atoms with Crippen LogP contribution in [0.5, 0.6) is 0 Å². The lowest BCUT2D eigenvalue weighted by Gasteiger charge is -2.08. The highest BCUT2D eigenvalue weighted by atomic mass is 16.4. The number of carboxylic acids is 1. The number of aromatic carboxylic acids is 1. The zero-order chi connectivity index (χ0) is 12.6. The molecule has 5 heteroatoms. The molecule has 90 valence electrons. The highest BCUT2D eigenvalue weighted by molar-refractivity contribution is 5.94. The smallest absolute Gasteiger partial charge is 0.356 e. The van der Waals surface area contributed by atoms with Gasteiger partial charge in [-0.15, -0.1) is 0 Å². The summed E-state index contributed by atoms with van der Waals surface area (Å²) in [6.45, 7) is 2.50. The first-order valence-corrected chi connectivity index (χ1v) is 5.35.